The summed E-state index contributed by atoms with van der Waals surface area (Å²) in [5.74, 6) is -2.31. The molecule has 1 heterocycles. The van der Waals surface area contributed by atoms with Crippen LogP contribution in [0.2, 0.25) is 0 Å². The molecule has 27 heavy (non-hydrogen) atoms. The number of hydrogen-bond acceptors (Lipinski definition) is 5. The summed E-state index contributed by atoms with van der Waals surface area (Å²) in [7, 11) is 0. The summed E-state index contributed by atoms with van der Waals surface area (Å²) >= 11 is 0. The number of ether oxygens (including phenoxy) is 1. The number of esters is 1. The van der Waals surface area contributed by atoms with E-state index in [0.717, 1.165) is 6.07 Å². The molecule has 0 saturated carbocycles. The Morgan fingerprint density at radius 1 is 0.963 bits per heavy atom. The van der Waals surface area contributed by atoms with Crippen molar-refractivity contribution in [3.05, 3.63) is 89.6 Å². The molecule has 2 aromatic carbocycles. The smallest absolute Gasteiger partial charge is 0.338 e. The lowest BCUT2D eigenvalue weighted by molar-refractivity contribution is 0.0473. The first kappa shape index (κ1) is 18.1. The van der Waals surface area contributed by atoms with Crippen LogP contribution in [0.1, 0.15) is 31.3 Å². The average molecular weight is 367 g/mol. The molecule has 0 unspecified atom stereocenters. The molecule has 0 radical (unpaired) electrons. The average Bonchev–Trinajstić information content (AvgIpc) is 3.22. The van der Waals surface area contributed by atoms with Gasteiger partial charge in [-0.15, -0.1) is 0 Å². The summed E-state index contributed by atoms with van der Waals surface area (Å²) in [4.78, 5) is 35.8. The number of hydrogen-bond donors (Lipinski definition) is 1. The fourth-order valence-electron chi connectivity index (χ4n) is 2.27. The van der Waals surface area contributed by atoms with Gasteiger partial charge in [0.2, 0.25) is 5.78 Å². The van der Waals surface area contributed by atoms with E-state index < -0.39 is 30.1 Å². The van der Waals surface area contributed by atoms with Crippen molar-refractivity contribution in [2.45, 2.75) is 0 Å². The van der Waals surface area contributed by atoms with Crippen molar-refractivity contribution in [3.63, 3.8) is 0 Å². The molecule has 1 aromatic heterocycles. The van der Waals surface area contributed by atoms with Gasteiger partial charge in [-0.25, -0.2) is 9.18 Å². The van der Waals surface area contributed by atoms with Gasteiger partial charge in [0.05, 0.1) is 17.4 Å². The normalized spacial score (nSPS) is 10.3. The van der Waals surface area contributed by atoms with E-state index in [4.69, 9.17) is 9.15 Å². The molecule has 0 bridgehead atoms. The molecule has 7 heteroatoms. The number of nitrogens with one attached hydrogen (secondary N) is 1. The van der Waals surface area contributed by atoms with Crippen LogP contribution in [-0.4, -0.2) is 24.3 Å². The Balaban J connectivity index is 1.57. The summed E-state index contributed by atoms with van der Waals surface area (Å²) in [5.41, 5.74) is 0.504. The predicted molar refractivity (Wildman–Crippen MR) is 94.1 cm³/mol. The first-order valence-corrected chi connectivity index (χ1v) is 7.94. The molecule has 136 valence electrons. The van der Waals surface area contributed by atoms with Gasteiger partial charge in [-0.2, -0.15) is 0 Å². The molecule has 0 spiro atoms. The molecule has 0 saturated heterocycles. The molecule has 1 amide bonds. The van der Waals surface area contributed by atoms with Crippen LogP contribution in [0.3, 0.4) is 0 Å². The van der Waals surface area contributed by atoms with Crippen LogP contribution in [0, 0.1) is 5.82 Å². The van der Waals surface area contributed by atoms with Crippen LogP contribution < -0.4 is 5.32 Å². The number of Topliss-reactive ketones (excluding diaryl/α,β-unsaturated/α-hetero) is 1. The lowest BCUT2D eigenvalue weighted by atomic mass is 10.1. The van der Waals surface area contributed by atoms with Gasteiger partial charge in [-0.3, -0.25) is 9.59 Å². The van der Waals surface area contributed by atoms with Crippen molar-refractivity contribution in [1.29, 1.82) is 0 Å². The van der Waals surface area contributed by atoms with E-state index in [1.54, 1.807) is 6.07 Å². The molecule has 0 aliphatic carbocycles. The van der Waals surface area contributed by atoms with Gasteiger partial charge in [-0.05, 0) is 48.5 Å². The third kappa shape index (κ3) is 4.46. The summed E-state index contributed by atoms with van der Waals surface area (Å²) < 4.78 is 23.4. The number of carbonyl (C=O) groups excluding carboxylic acids is 3. The van der Waals surface area contributed by atoms with Crippen LogP contribution >= 0.6 is 0 Å². The summed E-state index contributed by atoms with van der Waals surface area (Å²) in [6, 6.07) is 14.5. The Morgan fingerprint density at radius 2 is 1.70 bits per heavy atom. The minimum atomic E-state index is -0.733. The zero-order valence-electron chi connectivity index (χ0n) is 14.0. The highest BCUT2D eigenvalue weighted by Crippen LogP contribution is 2.13. The molecular weight excluding hydrogens is 353 g/mol. The lowest BCUT2D eigenvalue weighted by Crippen LogP contribution is -2.15. The number of ketones is 1. The lowest BCUT2D eigenvalue weighted by Gasteiger charge is -2.07. The zero-order valence-corrected chi connectivity index (χ0v) is 14.0. The SMILES string of the molecule is O=C(OCC(=O)c1ccccc1F)c1ccc(NC(=O)c2ccco2)cc1. The van der Waals surface area contributed by atoms with E-state index in [1.807, 2.05) is 0 Å². The number of halogens is 1. The van der Waals surface area contributed by atoms with Crippen molar-refractivity contribution in [1.82, 2.24) is 0 Å². The van der Waals surface area contributed by atoms with E-state index in [-0.39, 0.29) is 16.9 Å². The van der Waals surface area contributed by atoms with Crippen molar-refractivity contribution >= 4 is 23.3 Å². The minimum absolute atomic E-state index is 0.138. The maximum absolute atomic E-state index is 13.5. The monoisotopic (exact) mass is 367 g/mol. The Bertz CT molecular complexity index is 964. The highest BCUT2D eigenvalue weighted by Gasteiger charge is 2.15. The number of carbonyl (C=O) groups is 3. The standard InChI is InChI=1S/C20H14FNO5/c21-16-5-2-1-4-15(16)17(23)12-27-20(25)13-7-9-14(10-8-13)22-19(24)18-6-3-11-26-18/h1-11H,12H2,(H,22,24). The van der Waals surface area contributed by atoms with Gasteiger partial charge in [-0.1, -0.05) is 12.1 Å². The second kappa shape index (κ2) is 8.09. The summed E-state index contributed by atoms with van der Waals surface area (Å²) in [5, 5.41) is 2.61. The number of furan rings is 1. The van der Waals surface area contributed by atoms with Gasteiger partial charge in [0.1, 0.15) is 5.82 Å². The Morgan fingerprint density at radius 3 is 2.37 bits per heavy atom. The molecule has 0 aliphatic heterocycles. The molecule has 0 aliphatic rings. The second-order valence-electron chi connectivity index (χ2n) is 5.49. The van der Waals surface area contributed by atoms with Gasteiger partial charge < -0.3 is 14.5 Å². The van der Waals surface area contributed by atoms with Crippen molar-refractivity contribution in [2.24, 2.45) is 0 Å². The zero-order chi connectivity index (χ0) is 19.2. The highest BCUT2D eigenvalue weighted by molar-refractivity contribution is 6.02. The molecule has 3 aromatic rings. The quantitative estimate of drug-likeness (QED) is 0.530. The minimum Gasteiger partial charge on any atom is -0.459 e. The van der Waals surface area contributed by atoms with E-state index in [1.165, 1.54) is 54.8 Å². The highest BCUT2D eigenvalue weighted by atomic mass is 19.1. The van der Waals surface area contributed by atoms with Crippen LogP contribution in [0.4, 0.5) is 10.1 Å². The molecular formula is C20H14FNO5. The summed E-state index contributed by atoms with van der Waals surface area (Å²) in [6.45, 7) is -0.573. The largest absolute Gasteiger partial charge is 0.459 e. The van der Waals surface area contributed by atoms with E-state index in [2.05, 4.69) is 5.32 Å². The molecule has 6 nitrogen and oxygen atoms in total. The second-order valence-corrected chi connectivity index (χ2v) is 5.49. The van der Waals surface area contributed by atoms with Gasteiger partial charge in [0.15, 0.2) is 12.4 Å². The van der Waals surface area contributed by atoms with Crippen LogP contribution in [0.5, 0.6) is 0 Å². The van der Waals surface area contributed by atoms with Crippen molar-refractivity contribution < 1.29 is 27.9 Å². The van der Waals surface area contributed by atoms with Crippen molar-refractivity contribution in [2.75, 3.05) is 11.9 Å². The number of anilines is 1. The molecule has 3 rings (SSSR count). The third-order valence-electron chi connectivity index (χ3n) is 3.63. The number of rotatable bonds is 6. The fraction of sp³-hybridized carbons (Fsp3) is 0.0500. The Hall–Kier alpha value is -3.74. The first-order valence-electron chi connectivity index (χ1n) is 7.94. The Labute approximate surface area is 153 Å². The topological polar surface area (TPSA) is 85.6 Å². The maximum Gasteiger partial charge on any atom is 0.338 e. The fourth-order valence-corrected chi connectivity index (χ4v) is 2.27. The van der Waals surface area contributed by atoms with Gasteiger partial charge >= 0.3 is 5.97 Å². The molecule has 0 fully saturated rings. The molecule has 0 atom stereocenters. The number of benzene rings is 2. The third-order valence-corrected chi connectivity index (χ3v) is 3.63. The van der Waals surface area contributed by atoms with E-state index in [9.17, 15) is 18.8 Å². The number of amides is 1. The van der Waals surface area contributed by atoms with Gasteiger partial charge in [0.25, 0.3) is 5.91 Å². The first-order chi connectivity index (χ1) is 13.0. The van der Waals surface area contributed by atoms with Crippen LogP contribution in [0.25, 0.3) is 0 Å². The predicted octanol–water partition coefficient (Wildman–Crippen LogP) is 3.71. The van der Waals surface area contributed by atoms with Crippen LogP contribution in [-0.2, 0) is 4.74 Å². The van der Waals surface area contributed by atoms with Gasteiger partial charge in [0, 0.05) is 5.69 Å². The van der Waals surface area contributed by atoms with Crippen molar-refractivity contribution in [3.8, 4) is 0 Å². The summed E-state index contributed by atoms with van der Waals surface area (Å²) in [6.07, 6.45) is 1.39. The van der Waals surface area contributed by atoms with E-state index >= 15 is 0 Å². The Kier molecular flexibility index (Phi) is 5.41. The maximum atomic E-state index is 13.5. The van der Waals surface area contributed by atoms with Crippen LogP contribution in [0.15, 0.2) is 71.3 Å². The van der Waals surface area contributed by atoms with E-state index in [0.29, 0.717) is 5.69 Å². The molecule has 1 N–H and O–H groups in total.